The Kier molecular flexibility index (Phi) is 47.6. The summed E-state index contributed by atoms with van der Waals surface area (Å²) >= 11 is 5.08. The van der Waals surface area contributed by atoms with Crippen LogP contribution in [0.3, 0.4) is 0 Å². The fraction of sp³-hybridized carbons (Fsp3) is 0.467. The molecule has 80 heavy (non-hydrogen) atoms. The van der Waals surface area contributed by atoms with Crippen LogP contribution in [0.15, 0.2) is 129 Å². The second-order valence-electron chi connectivity index (χ2n) is 18.1. The van der Waals surface area contributed by atoms with Gasteiger partial charge in [0.05, 0.1) is 59.5 Å². The minimum absolute atomic E-state index is 0.195. The molecule has 0 aliphatic carbocycles. The Labute approximate surface area is 484 Å². The molecule has 0 aromatic heterocycles. The first-order chi connectivity index (χ1) is 38.4. The number of unbranched alkanes of at least 4 members (excludes halogenated alkanes) is 4. The van der Waals surface area contributed by atoms with Crippen LogP contribution in [-0.2, 0) is 74.9 Å². The molecule has 0 radical (unpaired) electrons. The van der Waals surface area contributed by atoms with Gasteiger partial charge in [0.2, 0.25) is 0 Å². The number of aliphatic hydroxyl groups excluding tert-OH is 3. The van der Waals surface area contributed by atoms with Gasteiger partial charge >= 0.3 is 14.8 Å². The number of nitrogens with zero attached hydrogens (tertiary/aromatic N) is 1. The first-order valence-electron chi connectivity index (χ1n) is 26.7. The summed E-state index contributed by atoms with van der Waals surface area (Å²) in [6, 6.07) is 34.4. The topological polar surface area (TPSA) is 198 Å². The summed E-state index contributed by atoms with van der Waals surface area (Å²) in [6.07, 6.45) is 13.9. The van der Waals surface area contributed by atoms with Gasteiger partial charge in [-0.3, -0.25) is 27.2 Å². The molecule has 2 fully saturated rings. The highest BCUT2D eigenvalue weighted by Crippen LogP contribution is 2.56. The van der Waals surface area contributed by atoms with Gasteiger partial charge in [0.25, 0.3) is 0 Å². The summed E-state index contributed by atoms with van der Waals surface area (Å²) < 4.78 is 78.9. The second-order valence-corrected chi connectivity index (χ2v) is 25.1. The first kappa shape index (κ1) is 76.3. The van der Waals surface area contributed by atoms with Crippen molar-refractivity contribution in [2.24, 2.45) is 0 Å². The molecule has 0 amide bonds. The molecule has 16 nitrogen and oxygen atoms in total. The van der Waals surface area contributed by atoms with E-state index < -0.39 is 22.1 Å². The van der Waals surface area contributed by atoms with Crippen LogP contribution in [0.4, 0.5) is 0 Å². The zero-order chi connectivity index (χ0) is 59.6. The molecular formula is C60H93ClNO15P3. The van der Waals surface area contributed by atoms with Crippen LogP contribution in [0.25, 0.3) is 24.3 Å². The molecular weight excluding hydrogens is 1100 g/mol. The van der Waals surface area contributed by atoms with Crippen LogP contribution in [0.2, 0.25) is 0 Å². The summed E-state index contributed by atoms with van der Waals surface area (Å²) in [5.41, 5.74) is 7.98. The third-order valence-corrected chi connectivity index (χ3v) is 13.8. The maximum Gasteiger partial charge on any atom is 0.474 e. The normalized spacial score (nSPS) is 13.5. The first-order valence-corrected chi connectivity index (χ1v) is 33.1. The SMILES string of the molecule is C=Cc1ccc(COCCCCO)cc1.C=Cc1ccc(COCCCCOP(C)(C)=O)cc1.C=Cc1ccc(COCCCCOP2(=O)OCCO2)cc1.C=Cc1ccccc1.CN(C)C.O=P1(Cl)OCCO1.OCCCCO. The minimum Gasteiger partial charge on any atom is -0.396 e. The number of benzene rings is 4. The van der Waals surface area contributed by atoms with E-state index in [2.05, 4.69) is 35.4 Å². The average Bonchev–Trinajstić information content (AvgIpc) is 4.09. The molecule has 2 aliphatic heterocycles. The van der Waals surface area contributed by atoms with Crippen molar-refractivity contribution < 1.29 is 70.4 Å². The Hall–Kier alpha value is -3.70. The van der Waals surface area contributed by atoms with E-state index in [9.17, 15) is 13.7 Å². The monoisotopic (exact) mass is 1200 g/mol. The molecule has 2 saturated heterocycles. The Bertz CT molecular complexity index is 2260. The van der Waals surface area contributed by atoms with Gasteiger partial charge in [-0.05, 0) is 111 Å². The molecule has 2 heterocycles. The third-order valence-electron chi connectivity index (χ3n) is 9.92. The predicted molar refractivity (Wildman–Crippen MR) is 329 cm³/mol. The second kappa shape index (κ2) is 49.9. The Morgan fingerprint density at radius 2 is 0.800 bits per heavy atom. The van der Waals surface area contributed by atoms with Crippen molar-refractivity contribution in [3.05, 3.63) is 168 Å². The maximum absolute atomic E-state index is 11.6. The van der Waals surface area contributed by atoms with Crippen LogP contribution in [0.5, 0.6) is 0 Å². The number of ether oxygens (including phenoxy) is 3. The molecule has 6 rings (SSSR count). The zero-order valence-electron chi connectivity index (χ0n) is 48.1. The highest BCUT2D eigenvalue weighted by Gasteiger charge is 2.31. The molecule has 450 valence electrons. The lowest BCUT2D eigenvalue weighted by Gasteiger charge is -2.09. The predicted octanol–water partition coefficient (Wildman–Crippen LogP) is 14.2. The fourth-order valence-electron chi connectivity index (χ4n) is 5.76. The number of rotatable bonds is 29. The summed E-state index contributed by atoms with van der Waals surface area (Å²) in [7, 11) is 0.444. The Morgan fingerprint density at radius 3 is 1.10 bits per heavy atom. The van der Waals surface area contributed by atoms with Gasteiger partial charge in [0.15, 0.2) is 7.37 Å². The number of hydrogen-bond donors (Lipinski definition) is 3. The maximum atomic E-state index is 11.6. The van der Waals surface area contributed by atoms with Crippen molar-refractivity contribution in [3.8, 4) is 0 Å². The number of hydrogen-bond acceptors (Lipinski definition) is 16. The highest BCUT2D eigenvalue weighted by molar-refractivity contribution is 7.81. The van der Waals surface area contributed by atoms with E-state index in [1.54, 1.807) is 13.3 Å². The molecule has 3 N–H and O–H groups in total. The molecule has 4 aromatic rings. The highest BCUT2D eigenvalue weighted by atomic mass is 35.7. The van der Waals surface area contributed by atoms with Gasteiger partial charge in [-0.15, -0.1) is 0 Å². The van der Waals surface area contributed by atoms with E-state index in [0.717, 1.165) is 79.2 Å². The summed E-state index contributed by atoms with van der Waals surface area (Å²) in [5.74, 6) is 0. The molecule has 0 spiro atoms. The number of phosphoric acid groups is 1. The van der Waals surface area contributed by atoms with Crippen LogP contribution in [0, 0.1) is 0 Å². The van der Waals surface area contributed by atoms with Crippen molar-refractivity contribution in [1.82, 2.24) is 4.90 Å². The molecule has 0 saturated carbocycles. The van der Waals surface area contributed by atoms with Gasteiger partial charge < -0.3 is 39.0 Å². The third kappa shape index (κ3) is 46.9. The van der Waals surface area contributed by atoms with E-state index in [1.807, 2.05) is 153 Å². The van der Waals surface area contributed by atoms with Crippen molar-refractivity contribution in [2.75, 3.05) is 114 Å². The number of aliphatic hydroxyl groups is 3. The summed E-state index contributed by atoms with van der Waals surface area (Å²) in [5, 5.41) is 24.7. The lowest BCUT2D eigenvalue weighted by Crippen LogP contribution is -1.99. The van der Waals surface area contributed by atoms with Crippen molar-refractivity contribution in [3.63, 3.8) is 0 Å². The molecule has 4 aromatic carbocycles. The lowest BCUT2D eigenvalue weighted by atomic mass is 10.1. The molecule has 20 heteroatoms. The fourth-order valence-corrected chi connectivity index (χ4v) is 8.58. The molecule has 0 bridgehead atoms. The van der Waals surface area contributed by atoms with Gasteiger partial charge in [-0.2, -0.15) is 0 Å². The molecule has 0 atom stereocenters. The summed E-state index contributed by atoms with van der Waals surface area (Å²) in [6.45, 7) is 21.8. The number of halogens is 1. The lowest BCUT2D eigenvalue weighted by molar-refractivity contribution is 0.110. The van der Waals surface area contributed by atoms with Crippen molar-refractivity contribution >= 4 is 57.7 Å². The van der Waals surface area contributed by atoms with E-state index in [0.29, 0.717) is 79.3 Å². The zero-order valence-corrected chi connectivity index (χ0v) is 51.6. The standard InChI is InChI=1S/C15H21O5P.C15H23O3P.C13H18O2.C8H8.C4H10O2.C3H9N.C2H4ClO3P/c1-2-14-5-7-15(8-6-14)13-17-9-3-4-10-18-21(16)19-11-12-20-21;1-4-14-7-9-15(10-8-14)13-17-11-5-6-12-18-19(2,3)16;1-2-12-5-7-13(8-6-12)11-15-10-4-3-9-14;1-2-8-6-4-3-5-7-8;5-3-1-2-4-6;1-4(2)3;3-7(4)5-1-2-6-7/h2,5-8H,1,3-4,9-13H2;4,7-10H,1,5-6,11-13H2,2-3H3;2,5-8,14H,1,3-4,9-11H2;2-7H,1H2;5-6H,1-4H2;1-3H3;1-2H2. The van der Waals surface area contributed by atoms with E-state index in [1.165, 1.54) is 11.1 Å². The quantitative estimate of drug-likeness (QED) is 0.0342. The smallest absolute Gasteiger partial charge is 0.396 e. The van der Waals surface area contributed by atoms with Gasteiger partial charge in [0, 0.05) is 64.2 Å². The largest absolute Gasteiger partial charge is 0.474 e. The van der Waals surface area contributed by atoms with Crippen LogP contribution in [-0.4, -0.2) is 134 Å². The Morgan fingerprint density at radius 1 is 0.500 bits per heavy atom. The van der Waals surface area contributed by atoms with E-state index >= 15 is 0 Å². The van der Waals surface area contributed by atoms with E-state index in [-0.39, 0.29) is 19.8 Å². The van der Waals surface area contributed by atoms with Crippen LogP contribution >= 0.6 is 33.4 Å². The van der Waals surface area contributed by atoms with Gasteiger partial charge in [0.1, 0.15) is 0 Å². The van der Waals surface area contributed by atoms with Crippen LogP contribution < -0.4 is 0 Å². The van der Waals surface area contributed by atoms with Gasteiger partial charge in [-0.1, -0.05) is 154 Å². The van der Waals surface area contributed by atoms with Crippen LogP contribution in [0.1, 0.15) is 90.3 Å². The number of phosphoric ester groups is 1. The molecule has 0 unspecified atom stereocenters. The average molecular weight is 1200 g/mol. The summed E-state index contributed by atoms with van der Waals surface area (Å²) in [4.78, 5) is 2.00. The van der Waals surface area contributed by atoms with E-state index in [4.69, 9.17) is 58.9 Å². The molecule has 2 aliphatic rings. The van der Waals surface area contributed by atoms with Crippen molar-refractivity contribution in [1.29, 1.82) is 0 Å². The minimum atomic E-state index is -3.23. The van der Waals surface area contributed by atoms with Crippen molar-refractivity contribution in [2.45, 2.75) is 71.2 Å². The van der Waals surface area contributed by atoms with Gasteiger partial charge in [-0.25, -0.2) is 9.13 Å². The Balaban J connectivity index is 0.000000971.